The van der Waals surface area contributed by atoms with Gasteiger partial charge in [-0.3, -0.25) is 14.0 Å². The molecule has 1 amide bonds. The highest BCUT2D eigenvalue weighted by molar-refractivity contribution is 7.99. The summed E-state index contributed by atoms with van der Waals surface area (Å²) in [4.78, 5) is 12.3. The van der Waals surface area contributed by atoms with E-state index in [2.05, 4.69) is 20.6 Å². The van der Waals surface area contributed by atoms with Crippen LogP contribution >= 0.6 is 11.8 Å². The molecule has 0 spiro atoms. The highest BCUT2D eigenvalue weighted by Crippen LogP contribution is 2.30. The fourth-order valence-corrected chi connectivity index (χ4v) is 3.58. The van der Waals surface area contributed by atoms with E-state index < -0.39 is 5.82 Å². The van der Waals surface area contributed by atoms with Crippen molar-refractivity contribution in [2.45, 2.75) is 32.1 Å². The smallest absolute Gasteiger partial charge is 0.243 e. The second kappa shape index (κ2) is 10.9. The van der Waals surface area contributed by atoms with Crippen molar-refractivity contribution in [3.8, 4) is 17.3 Å². The molecule has 0 saturated carbocycles. The minimum atomic E-state index is -0.484. The van der Waals surface area contributed by atoms with Gasteiger partial charge in [0.15, 0.2) is 11.0 Å². The van der Waals surface area contributed by atoms with Gasteiger partial charge in [0.1, 0.15) is 11.4 Å². The number of amides is 1. The van der Waals surface area contributed by atoms with Gasteiger partial charge in [0.2, 0.25) is 11.8 Å². The third kappa shape index (κ3) is 5.61. The zero-order valence-electron chi connectivity index (χ0n) is 17.7. The van der Waals surface area contributed by atoms with E-state index in [4.69, 9.17) is 9.47 Å². The van der Waals surface area contributed by atoms with E-state index in [9.17, 15) is 9.18 Å². The van der Waals surface area contributed by atoms with E-state index in [0.717, 1.165) is 5.56 Å². The van der Waals surface area contributed by atoms with Crippen LogP contribution in [0.5, 0.6) is 5.88 Å². The van der Waals surface area contributed by atoms with Crippen molar-refractivity contribution in [2.75, 3.05) is 31.4 Å². The molecule has 0 saturated heterocycles. The Morgan fingerprint density at radius 3 is 2.77 bits per heavy atom. The molecule has 31 heavy (non-hydrogen) atoms. The van der Waals surface area contributed by atoms with Crippen LogP contribution in [0.3, 0.4) is 0 Å². The normalized spacial score (nSPS) is 11.0. The number of benzene rings is 1. The van der Waals surface area contributed by atoms with Crippen molar-refractivity contribution in [1.82, 2.24) is 24.5 Å². The number of ether oxygens (including phenoxy) is 2. The number of para-hydroxylation sites is 1. The predicted molar refractivity (Wildman–Crippen MR) is 116 cm³/mol. The van der Waals surface area contributed by atoms with Crippen molar-refractivity contribution in [2.24, 2.45) is 0 Å². The molecule has 0 aliphatic carbocycles. The molecule has 1 N–H and O–H groups in total. The molecule has 11 heteroatoms. The third-order valence-electron chi connectivity index (χ3n) is 4.29. The van der Waals surface area contributed by atoms with Crippen molar-refractivity contribution in [3.05, 3.63) is 36.3 Å². The van der Waals surface area contributed by atoms with Gasteiger partial charge in [0.05, 0.1) is 31.2 Å². The minimum absolute atomic E-state index is 0.0476. The molecule has 166 valence electrons. The monoisotopic (exact) mass is 448 g/mol. The molecule has 0 unspecified atom stereocenters. The lowest BCUT2D eigenvalue weighted by molar-refractivity contribution is -0.113. The molecule has 2 heterocycles. The summed E-state index contributed by atoms with van der Waals surface area (Å²) in [6.45, 7) is 5.95. The Hall–Kier alpha value is -2.92. The Bertz CT molecular complexity index is 1020. The van der Waals surface area contributed by atoms with E-state index in [-0.39, 0.29) is 17.3 Å². The Kier molecular flexibility index (Phi) is 8.01. The molecular formula is C20H25FN6O3S. The zero-order chi connectivity index (χ0) is 22.2. The average molecular weight is 449 g/mol. The second-order valence-corrected chi connectivity index (χ2v) is 7.35. The van der Waals surface area contributed by atoms with Crippen LogP contribution in [-0.4, -0.2) is 56.5 Å². The van der Waals surface area contributed by atoms with Crippen LogP contribution in [0, 0.1) is 5.82 Å². The Morgan fingerprint density at radius 1 is 1.26 bits per heavy atom. The van der Waals surface area contributed by atoms with E-state index in [0.29, 0.717) is 43.2 Å². The van der Waals surface area contributed by atoms with Gasteiger partial charge < -0.3 is 14.8 Å². The number of carbonyl (C=O) groups excluding carboxylic acids is 1. The number of halogens is 1. The summed E-state index contributed by atoms with van der Waals surface area (Å²) in [5.41, 5.74) is 0.859. The summed E-state index contributed by atoms with van der Waals surface area (Å²) >= 11 is 1.21. The lowest BCUT2D eigenvalue weighted by Gasteiger charge is -2.10. The van der Waals surface area contributed by atoms with Crippen molar-refractivity contribution in [1.29, 1.82) is 0 Å². The molecule has 3 rings (SSSR count). The molecule has 0 aliphatic rings. The van der Waals surface area contributed by atoms with Gasteiger partial charge >= 0.3 is 0 Å². The predicted octanol–water partition coefficient (Wildman–Crippen LogP) is 3.08. The SMILES string of the molecule is CCOc1nn(CC)cc1-c1nnc(SCC(=O)Nc2ccccc2F)n1CCOC. The van der Waals surface area contributed by atoms with Crippen LogP contribution in [0.4, 0.5) is 10.1 Å². The van der Waals surface area contributed by atoms with E-state index in [1.165, 1.54) is 23.9 Å². The summed E-state index contributed by atoms with van der Waals surface area (Å²) in [6.07, 6.45) is 1.86. The van der Waals surface area contributed by atoms with Gasteiger partial charge in [0.25, 0.3) is 0 Å². The van der Waals surface area contributed by atoms with Crippen LogP contribution in [0.25, 0.3) is 11.4 Å². The Morgan fingerprint density at radius 2 is 2.06 bits per heavy atom. The maximum Gasteiger partial charge on any atom is 0.243 e. The molecular weight excluding hydrogens is 423 g/mol. The number of thioether (sulfide) groups is 1. The number of aromatic nitrogens is 5. The molecule has 1 aromatic carbocycles. The van der Waals surface area contributed by atoms with Crippen LogP contribution in [0.1, 0.15) is 13.8 Å². The fourth-order valence-electron chi connectivity index (χ4n) is 2.82. The van der Waals surface area contributed by atoms with Gasteiger partial charge in [-0.2, -0.15) is 0 Å². The topological polar surface area (TPSA) is 96.1 Å². The number of anilines is 1. The minimum Gasteiger partial charge on any atom is -0.476 e. The van der Waals surface area contributed by atoms with Crippen molar-refractivity contribution >= 4 is 23.4 Å². The highest BCUT2D eigenvalue weighted by atomic mass is 32.2. The molecule has 3 aromatic rings. The highest BCUT2D eigenvalue weighted by Gasteiger charge is 2.21. The Balaban J connectivity index is 1.80. The van der Waals surface area contributed by atoms with E-state index >= 15 is 0 Å². The van der Waals surface area contributed by atoms with Gasteiger partial charge in [0, 0.05) is 19.9 Å². The summed E-state index contributed by atoms with van der Waals surface area (Å²) in [7, 11) is 1.61. The van der Waals surface area contributed by atoms with Crippen molar-refractivity contribution < 1.29 is 18.7 Å². The number of carbonyl (C=O) groups is 1. The summed E-state index contributed by atoms with van der Waals surface area (Å²) in [5.74, 6) is 0.280. The van der Waals surface area contributed by atoms with Crippen LogP contribution in [0.2, 0.25) is 0 Å². The summed E-state index contributed by atoms with van der Waals surface area (Å²) in [5, 5.41) is 16.1. The quantitative estimate of drug-likeness (QED) is 0.450. The number of nitrogens with zero attached hydrogens (tertiary/aromatic N) is 5. The molecule has 0 aliphatic heterocycles. The molecule has 9 nitrogen and oxygen atoms in total. The van der Waals surface area contributed by atoms with Crippen LogP contribution in [-0.2, 0) is 22.6 Å². The molecule has 2 aromatic heterocycles. The van der Waals surface area contributed by atoms with Crippen LogP contribution in [0.15, 0.2) is 35.6 Å². The lowest BCUT2D eigenvalue weighted by Crippen LogP contribution is -2.16. The van der Waals surface area contributed by atoms with Gasteiger partial charge in [-0.1, -0.05) is 23.9 Å². The number of hydrogen-bond donors (Lipinski definition) is 1. The van der Waals surface area contributed by atoms with Crippen molar-refractivity contribution in [3.63, 3.8) is 0 Å². The van der Waals surface area contributed by atoms with E-state index in [1.807, 2.05) is 24.6 Å². The second-order valence-electron chi connectivity index (χ2n) is 6.40. The number of aryl methyl sites for hydroxylation is 1. The molecule has 0 radical (unpaired) electrons. The summed E-state index contributed by atoms with van der Waals surface area (Å²) in [6, 6.07) is 6.03. The maximum atomic E-state index is 13.8. The fraction of sp³-hybridized carbons (Fsp3) is 0.400. The van der Waals surface area contributed by atoms with Gasteiger partial charge in [-0.05, 0) is 26.0 Å². The number of hydrogen-bond acceptors (Lipinski definition) is 7. The first-order valence-electron chi connectivity index (χ1n) is 9.87. The standard InChI is InChI=1S/C20H25FN6O3S/c1-4-26-12-14(19(25-26)30-5-2)18-23-24-20(27(18)10-11-29-3)31-13-17(28)22-16-9-7-6-8-15(16)21/h6-9,12H,4-5,10-11,13H2,1-3H3,(H,22,28). The van der Waals surface area contributed by atoms with Gasteiger partial charge in [-0.25, -0.2) is 4.39 Å². The first kappa shape index (κ1) is 22.8. The van der Waals surface area contributed by atoms with Crippen LogP contribution < -0.4 is 10.1 Å². The third-order valence-corrected chi connectivity index (χ3v) is 5.26. The number of rotatable bonds is 11. The molecule has 0 bridgehead atoms. The molecule has 0 atom stereocenters. The van der Waals surface area contributed by atoms with Gasteiger partial charge in [-0.15, -0.1) is 15.3 Å². The number of methoxy groups -OCH3 is 1. The first-order valence-corrected chi connectivity index (χ1v) is 10.9. The number of nitrogens with one attached hydrogen (secondary N) is 1. The first-order chi connectivity index (χ1) is 15.1. The Labute approximate surface area is 183 Å². The molecule has 0 fully saturated rings. The zero-order valence-corrected chi connectivity index (χ0v) is 18.5. The lowest BCUT2D eigenvalue weighted by atomic mass is 10.3. The maximum absolute atomic E-state index is 13.8. The average Bonchev–Trinajstić information content (AvgIpc) is 3.36. The van der Waals surface area contributed by atoms with E-state index in [1.54, 1.807) is 23.9 Å². The largest absolute Gasteiger partial charge is 0.476 e. The summed E-state index contributed by atoms with van der Waals surface area (Å²) < 4.78 is 28.3.